The third-order valence-corrected chi connectivity index (χ3v) is 6.47. The summed E-state index contributed by atoms with van der Waals surface area (Å²) < 4.78 is 13.8. The van der Waals surface area contributed by atoms with Gasteiger partial charge < -0.3 is 9.47 Å². The van der Waals surface area contributed by atoms with E-state index in [-0.39, 0.29) is 16.9 Å². The lowest BCUT2D eigenvalue weighted by Crippen LogP contribution is -2.25. The first-order chi connectivity index (χ1) is 16.2. The van der Waals surface area contributed by atoms with E-state index < -0.39 is 0 Å². The Hall–Kier alpha value is -2.67. The highest BCUT2D eigenvalue weighted by atomic mass is 79.9. The highest BCUT2D eigenvalue weighted by Crippen LogP contribution is 2.32. The standard InChI is InChI=1S/C27H32BrN3O3/c1-27(2,3)17-34-23-13-10-18(14-24(23)33-4)16-29-31-25(19-8-6-5-7-9-19)30-22-12-11-20(28)15-21(22)26(31)32/h10-16,19H,5-9,17H2,1-4H3. The first-order valence-corrected chi connectivity index (χ1v) is 12.6. The molecule has 0 radical (unpaired) electrons. The van der Waals surface area contributed by atoms with Crippen LogP contribution in [-0.2, 0) is 0 Å². The van der Waals surface area contributed by atoms with Crippen LogP contribution in [0.15, 0.2) is 50.8 Å². The Labute approximate surface area is 209 Å². The van der Waals surface area contributed by atoms with Crippen LogP contribution in [0, 0.1) is 5.41 Å². The summed E-state index contributed by atoms with van der Waals surface area (Å²) in [5, 5.41) is 5.18. The largest absolute Gasteiger partial charge is 0.493 e. The average Bonchev–Trinajstić information content (AvgIpc) is 2.82. The molecule has 1 heterocycles. The summed E-state index contributed by atoms with van der Waals surface area (Å²) >= 11 is 3.47. The Morgan fingerprint density at radius 2 is 1.88 bits per heavy atom. The van der Waals surface area contributed by atoms with E-state index in [9.17, 15) is 4.79 Å². The van der Waals surface area contributed by atoms with E-state index in [2.05, 4.69) is 41.8 Å². The van der Waals surface area contributed by atoms with Gasteiger partial charge in [0.1, 0.15) is 5.82 Å². The number of ether oxygens (including phenoxy) is 2. The maximum atomic E-state index is 13.5. The summed E-state index contributed by atoms with van der Waals surface area (Å²) in [6, 6.07) is 11.3. The second kappa shape index (κ2) is 10.3. The Morgan fingerprint density at radius 3 is 2.59 bits per heavy atom. The molecule has 34 heavy (non-hydrogen) atoms. The van der Waals surface area contributed by atoms with Gasteiger partial charge in [-0.1, -0.05) is 56.0 Å². The van der Waals surface area contributed by atoms with Crippen LogP contribution in [0.5, 0.6) is 11.5 Å². The van der Waals surface area contributed by atoms with E-state index in [1.807, 2.05) is 36.4 Å². The predicted molar refractivity (Wildman–Crippen MR) is 140 cm³/mol. The molecule has 1 aliphatic rings. The van der Waals surface area contributed by atoms with Crippen molar-refractivity contribution in [2.45, 2.75) is 58.8 Å². The molecule has 0 bridgehead atoms. The molecule has 0 saturated heterocycles. The number of fused-ring (bicyclic) bond motifs is 1. The zero-order valence-corrected chi connectivity index (χ0v) is 21.9. The van der Waals surface area contributed by atoms with Crippen molar-refractivity contribution >= 4 is 33.0 Å². The van der Waals surface area contributed by atoms with Crippen molar-refractivity contribution in [3.8, 4) is 11.5 Å². The second-order valence-corrected chi connectivity index (χ2v) is 11.0. The van der Waals surface area contributed by atoms with Gasteiger partial charge in [-0.25, -0.2) is 4.98 Å². The molecule has 3 aromatic rings. The van der Waals surface area contributed by atoms with Gasteiger partial charge in [0.05, 0.1) is 30.8 Å². The lowest BCUT2D eigenvalue weighted by atomic mass is 9.88. The number of aromatic nitrogens is 2. The maximum absolute atomic E-state index is 13.5. The number of benzene rings is 2. The minimum Gasteiger partial charge on any atom is -0.493 e. The summed E-state index contributed by atoms with van der Waals surface area (Å²) in [4.78, 5) is 18.4. The molecular formula is C27H32BrN3O3. The Balaban J connectivity index is 1.72. The van der Waals surface area contributed by atoms with Crippen LogP contribution < -0.4 is 15.0 Å². The number of nitrogens with zero attached hydrogens (tertiary/aromatic N) is 3. The van der Waals surface area contributed by atoms with Crippen LogP contribution in [0.4, 0.5) is 0 Å². The predicted octanol–water partition coefficient (Wildman–Crippen LogP) is 6.52. The molecule has 0 spiro atoms. The van der Waals surface area contributed by atoms with Gasteiger partial charge in [-0.15, -0.1) is 0 Å². The molecule has 0 atom stereocenters. The van der Waals surface area contributed by atoms with Gasteiger partial charge in [0.2, 0.25) is 0 Å². The first kappa shape index (κ1) is 24.5. The van der Waals surface area contributed by atoms with Crippen LogP contribution in [0.2, 0.25) is 0 Å². The van der Waals surface area contributed by atoms with Crippen LogP contribution in [0.25, 0.3) is 10.9 Å². The molecule has 6 nitrogen and oxygen atoms in total. The zero-order chi connectivity index (χ0) is 24.3. The molecule has 4 rings (SSSR count). The van der Waals surface area contributed by atoms with Gasteiger partial charge in [0, 0.05) is 10.4 Å². The van der Waals surface area contributed by atoms with Crippen molar-refractivity contribution in [2.75, 3.05) is 13.7 Å². The van der Waals surface area contributed by atoms with E-state index in [0.717, 1.165) is 41.5 Å². The molecule has 0 unspecified atom stereocenters. The molecule has 1 fully saturated rings. The third kappa shape index (κ3) is 5.69. The summed E-state index contributed by atoms with van der Waals surface area (Å²) in [7, 11) is 1.62. The fraction of sp³-hybridized carbons (Fsp3) is 0.444. The minimum absolute atomic E-state index is 0.0416. The Bertz CT molecular complexity index is 1250. The normalized spacial score (nSPS) is 15.2. The lowest BCUT2D eigenvalue weighted by molar-refractivity contribution is 0.191. The molecule has 1 saturated carbocycles. The number of halogens is 1. The van der Waals surface area contributed by atoms with Crippen molar-refractivity contribution in [3.05, 3.63) is 62.6 Å². The van der Waals surface area contributed by atoms with Crippen molar-refractivity contribution in [1.29, 1.82) is 0 Å². The molecule has 180 valence electrons. The summed E-state index contributed by atoms with van der Waals surface area (Å²) in [6.45, 7) is 6.95. The Morgan fingerprint density at radius 1 is 1.12 bits per heavy atom. The summed E-state index contributed by atoms with van der Waals surface area (Å²) in [5.74, 6) is 2.29. The van der Waals surface area contributed by atoms with Crippen LogP contribution >= 0.6 is 15.9 Å². The van der Waals surface area contributed by atoms with E-state index in [0.29, 0.717) is 29.0 Å². The van der Waals surface area contributed by atoms with Gasteiger partial charge in [0.25, 0.3) is 5.56 Å². The van der Waals surface area contributed by atoms with E-state index in [1.54, 1.807) is 13.3 Å². The smallest absolute Gasteiger partial charge is 0.282 e. The van der Waals surface area contributed by atoms with Gasteiger partial charge in [-0.3, -0.25) is 4.79 Å². The van der Waals surface area contributed by atoms with Gasteiger partial charge >= 0.3 is 0 Å². The fourth-order valence-electron chi connectivity index (χ4n) is 4.20. The van der Waals surface area contributed by atoms with Gasteiger partial charge in [-0.2, -0.15) is 9.78 Å². The molecule has 7 heteroatoms. The number of hydrogen-bond acceptors (Lipinski definition) is 5. The van der Waals surface area contributed by atoms with Gasteiger partial charge in [-0.05, 0) is 60.2 Å². The molecule has 0 N–H and O–H groups in total. The summed E-state index contributed by atoms with van der Waals surface area (Å²) in [5.41, 5.74) is 1.41. The monoisotopic (exact) mass is 525 g/mol. The highest BCUT2D eigenvalue weighted by molar-refractivity contribution is 9.10. The van der Waals surface area contributed by atoms with Crippen molar-refractivity contribution in [1.82, 2.24) is 9.66 Å². The topological polar surface area (TPSA) is 65.7 Å². The third-order valence-electron chi connectivity index (χ3n) is 5.97. The maximum Gasteiger partial charge on any atom is 0.282 e. The fourth-order valence-corrected chi connectivity index (χ4v) is 4.57. The molecule has 0 aliphatic heterocycles. The van der Waals surface area contributed by atoms with E-state index >= 15 is 0 Å². The average molecular weight is 526 g/mol. The number of methoxy groups -OCH3 is 1. The van der Waals surface area contributed by atoms with Crippen LogP contribution in [-0.4, -0.2) is 29.6 Å². The van der Waals surface area contributed by atoms with Crippen molar-refractivity contribution in [3.63, 3.8) is 0 Å². The second-order valence-electron chi connectivity index (χ2n) is 10.1. The molecule has 1 aromatic heterocycles. The van der Waals surface area contributed by atoms with E-state index in [4.69, 9.17) is 14.5 Å². The van der Waals surface area contributed by atoms with Crippen molar-refractivity contribution < 1.29 is 9.47 Å². The molecule has 1 aliphatic carbocycles. The van der Waals surface area contributed by atoms with Gasteiger partial charge in [0.15, 0.2) is 11.5 Å². The number of rotatable bonds is 6. The Kier molecular flexibility index (Phi) is 7.41. The molecule has 0 amide bonds. The lowest BCUT2D eigenvalue weighted by Gasteiger charge is -2.22. The zero-order valence-electron chi connectivity index (χ0n) is 20.3. The molecular weight excluding hydrogens is 494 g/mol. The van der Waals surface area contributed by atoms with Crippen LogP contribution in [0.1, 0.15) is 70.2 Å². The van der Waals surface area contributed by atoms with E-state index in [1.165, 1.54) is 11.1 Å². The van der Waals surface area contributed by atoms with Crippen molar-refractivity contribution in [2.24, 2.45) is 10.5 Å². The minimum atomic E-state index is -0.153. The highest BCUT2D eigenvalue weighted by Gasteiger charge is 2.22. The quantitative estimate of drug-likeness (QED) is 0.343. The summed E-state index contributed by atoms with van der Waals surface area (Å²) in [6.07, 6.45) is 7.27. The SMILES string of the molecule is COc1cc(C=Nn2c(C3CCCCC3)nc3ccc(Br)cc3c2=O)ccc1OCC(C)(C)C. The molecule has 2 aromatic carbocycles. The first-order valence-electron chi connectivity index (χ1n) is 11.8. The number of hydrogen-bond donors (Lipinski definition) is 0. The van der Waals surface area contributed by atoms with Crippen LogP contribution in [0.3, 0.4) is 0 Å².